The Kier molecular flexibility index (Phi) is 2.68. The highest BCUT2D eigenvalue weighted by Crippen LogP contribution is 2.37. The number of β-amino-alcohol motifs (C(OH)–C–C–N with tert-alkyl or cyclic N) is 1. The molecule has 0 saturated carbocycles. The maximum atomic E-state index is 9.78. The molecule has 0 aliphatic carbocycles. The van der Waals surface area contributed by atoms with Gasteiger partial charge in [0.25, 0.3) is 0 Å². The van der Waals surface area contributed by atoms with Crippen LogP contribution in [0.5, 0.6) is 5.75 Å². The van der Waals surface area contributed by atoms with Crippen LogP contribution in [0.25, 0.3) is 0 Å². The summed E-state index contributed by atoms with van der Waals surface area (Å²) in [6.07, 6.45) is -0.393. The van der Waals surface area contributed by atoms with Gasteiger partial charge in [0, 0.05) is 19.6 Å². The number of aliphatic hydroxyl groups excluding tert-OH is 1. The molecule has 1 unspecified atom stereocenters. The van der Waals surface area contributed by atoms with Gasteiger partial charge in [-0.05, 0) is 19.1 Å². The van der Waals surface area contributed by atoms with Crippen LogP contribution in [0, 0.1) is 0 Å². The number of phenolic OH excluding ortho intramolecular Hbond substituents is 1. The molecule has 0 amide bonds. The first-order valence-electron chi connectivity index (χ1n) is 5.17. The van der Waals surface area contributed by atoms with E-state index in [4.69, 9.17) is 0 Å². The topological polar surface area (TPSA) is 55.7 Å². The predicted octanol–water partition coefficient (Wildman–Crippen LogP) is 1.00. The second kappa shape index (κ2) is 3.98. The van der Waals surface area contributed by atoms with Gasteiger partial charge in [-0.1, -0.05) is 6.07 Å². The summed E-state index contributed by atoms with van der Waals surface area (Å²) in [5.41, 5.74) is 1.73. The highest BCUT2D eigenvalue weighted by atomic mass is 16.3. The number of aromatic hydroxyl groups is 1. The molecule has 4 heteroatoms. The Balaban J connectivity index is 2.32. The lowest BCUT2D eigenvalue weighted by atomic mass is 10.1. The molecule has 82 valence electrons. The molecular weight excluding hydrogens is 192 g/mol. The van der Waals surface area contributed by atoms with E-state index in [0.29, 0.717) is 6.54 Å². The third-order valence-electron chi connectivity index (χ3n) is 2.51. The number of hydrogen-bond donors (Lipinski definition) is 3. The normalized spacial score (nSPS) is 16.8. The molecule has 0 fully saturated rings. The lowest BCUT2D eigenvalue weighted by molar-refractivity contribution is 0.200. The Labute approximate surface area is 89.1 Å². The molecule has 1 atom stereocenters. The molecule has 1 aromatic rings. The van der Waals surface area contributed by atoms with Gasteiger partial charge in [0.2, 0.25) is 0 Å². The number of nitrogens with zero attached hydrogens (tertiary/aromatic N) is 1. The van der Waals surface area contributed by atoms with Crippen LogP contribution in [0.1, 0.15) is 6.92 Å². The van der Waals surface area contributed by atoms with Gasteiger partial charge in [0.15, 0.2) is 0 Å². The summed E-state index contributed by atoms with van der Waals surface area (Å²) in [6.45, 7) is 3.94. The van der Waals surface area contributed by atoms with Crippen LogP contribution in [-0.4, -0.2) is 36.0 Å². The van der Waals surface area contributed by atoms with E-state index in [9.17, 15) is 10.2 Å². The van der Waals surface area contributed by atoms with E-state index in [1.807, 2.05) is 17.0 Å². The number of nitrogens with one attached hydrogen (secondary N) is 1. The minimum atomic E-state index is -0.393. The highest BCUT2D eigenvalue weighted by molar-refractivity contribution is 5.78. The zero-order chi connectivity index (χ0) is 10.8. The van der Waals surface area contributed by atoms with Crippen molar-refractivity contribution in [3.63, 3.8) is 0 Å². The number of fused-ring (bicyclic) bond motifs is 1. The Hall–Kier alpha value is -1.42. The molecule has 0 spiro atoms. The summed E-state index contributed by atoms with van der Waals surface area (Å²) in [6, 6.07) is 5.41. The number of rotatable bonds is 2. The molecule has 4 nitrogen and oxygen atoms in total. The summed E-state index contributed by atoms with van der Waals surface area (Å²) in [7, 11) is 0. The standard InChI is InChI=1S/C11H16N2O2/c1-8(14)7-13-6-5-12-9-3-2-4-10(15)11(9)13/h2-4,8,12,14-15H,5-7H2,1H3. The Morgan fingerprint density at radius 3 is 3.07 bits per heavy atom. The molecule has 0 aromatic heterocycles. The monoisotopic (exact) mass is 208 g/mol. The number of anilines is 2. The van der Waals surface area contributed by atoms with Gasteiger partial charge < -0.3 is 20.4 Å². The number of phenols is 1. The van der Waals surface area contributed by atoms with Crippen molar-refractivity contribution in [2.45, 2.75) is 13.0 Å². The SMILES string of the molecule is CC(O)CN1CCNc2cccc(O)c21. The van der Waals surface area contributed by atoms with Gasteiger partial charge in [0.1, 0.15) is 11.4 Å². The molecule has 1 aliphatic heterocycles. The van der Waals surface area contributed by atoms with E-state index in [1.165, 1.54) is 0 Å². The van der Waals surface area contributed by atoms with E-state index in [0.717, 1.165) is 24.5 Å². The second-order valence-corrected chi connectivity index (χ2v) is 3.90. The zero-order valence-corrected chi connectivity index (χ0v) is 8.77. The van der Waals surface area contributed by atoms with Gasteiger partial charge in [0.05, 0.1) is 11.8 Å². The Morgan fingerprint density at radius 1 is 1.53 bits per heavy atom. The molecule has 0 radical (unpaired) electrons. The molecule has 0 bridgehead atoms. The smallest absolute Gasteiger partial charge is 0.141 e. The maximum absolute atomic E-state index is 9.78. The number of hydrogen-bond acceptors (Lipinski definition) is 4. The number of aliphatic hydroxyl groups is 1. The van der Waals surface area contributed by atoms with E-state index < -0.39 is 6.10 Å². The van der Waals surface area contributed by atoms with Crippen LogP contribution in [0.15, 0.2) is 18.2 Å². The molecule has 0 saturated heterocycles. The van der Waals surface area contributed by atoms with Crippen LogP contribution >= 0.6 is 0 Å². The first kappa shape index (κ1) is 10.1. The van der Waals surface area contributed by atoms with E-state index in [-0.39, 0.29) is 5.75 Å². The predicted molar refractivity (Wildman–Crippen MR) is 60.5 cm³/mol. The minimum Gasteiger partial charge on any atom is -0.506 e. The van der Waals surface area contributed by atoms with E-state index in [2.05, 4.69) is 5.32 Å². The molecule has 3 N–H and O–H groups in total. The quantitative estimate of drug-likeness (QED) is 0.679. The fourth-order valence-electron chi connectivity index (χ4n) is 1.95. The van der Waals surface area contributed by atoms with Crippen LogP contribution in [-0.2, 0) is 0 Å². The highest BCUT2D eigenvalue weighted by Gasteiger charge is 2.20. The van der Waals surface area contributed by atoms with Crippen LogP contribution in [0.3, 0.4) is 0 Å². The summed E-state index contributed by atoms with van der Waals surface area (Å²) < 4.78 is 0. The van der Waals surface area contributed by atoms with Crippen LogP contribution in [0.4, 0.5) is 11.4 Å². The van der Waals surface area contributed by atoms with Gasteiger partial charge in [-0.2, -0.15) is 0 Å². The molecule has 2 rings (SSSR count). The third kappa shape index (κ3) is 1.99. The Bertz CT molecular complexity index is 352. The van der Waals surface area contributed by atoms with Crippen molar-refractivity contribution in [2.75, 3.05) is 29.9 Å². The molecule has 1 aliphatic rings. The largest absolute Gasteiger partial charge is 0.506 e. The first-order valence-corrected chi connectivity index (χ1v) is 5.17. The van der Waals surface area contributed by atoms with Crippen molar-refractivity contribution in [3.05, 3.63) is 18.2 Å². The average Bonchev–Trinajstić information content (AvgIpc) is 2.17. The van der Waals surface area contributed by atoms with Crippen molar-refractivity contribution in [1.82, 2.24) is 0 Å². The van der Waals surface area contributed by atoms with Gasteiger partial charge >= 0.3 is 0 Å². The summed E-state index contributed by atoms with van der Waals surface area (Å²) >= 11 is 0. The van der Waals surface area contributed by atoms with Crippen LogP contribution < -0.4 is 10.2 Å². The van der Waals surface area contributed by atoms with Crippen molar-refractivity contribution in [2.24, 2.45) is 0 Å². The molecular formula is C11H16N2O2. The van der Waals surface area contributed by atoms with Gasteiger partial charge in [-0.3, -0.25) is 0 Å². The fraction of sp³-hybridized carbons (Fsp3) is 0.455. The number of benzene rings is 1. The van der Waals surface area contributed by atoms with Crippen molar-refractivity contribution in [3.8, 4) is 5.75 Å². The first-order chi connectivity index (χ1) is 7.18. The minimum absolute atomic E-state index is 0.264. The number of para-hydroxylation sites is 1. The van der Waals surface area contributed by atoms with Crippen LogP contribution in [0.2, 0.25) is 0 Å². The maximum Gasteiger partial charge on any atom is 0.141 e. The molecule has 1 aromatic carbocycles. The summed E-state index contributed by atoms with van der Waals surface area (Å²) in [5.74, 6) is 0.264. The average molecular weight is 208 g/mol. The Morgan fingerprint density at radius 2 is 2.33 bits per heavy atom. The van der Waals surface area contributed by atoms with E-state index in [1.54, 1.807) is 13.0 Å². The third-order valence-corrected chi connectivity index (χ3v) is 2.51. The van der Waals surface area contributed by atoms with E-state index >= 15 is 0 Å². The van der Waals surface area contributed by atoms with Crippen molar-refractivity contribution < 1.29 is 10.2 Å². The van der Waals surface area contributed by atoms with Crippen molar-refractivity contribution >= 4 is 11.4 Å². The summed E-state index contributed by atoms with van der Waals surface area (Å²) in [4.78, 5) is 2.01. The zero-order valence-electron chi connectivity index (χ0n) is 8.77. The van der Waals surface area contributed by atoms with Gasteiger partial charge in [-0.15, -0.1) is 0 Å². The lowest BCUT2D eigenvalue weighted by Crippen LogP contribution is -2.38. The second-order valence-electron chi connectivity index (χ2n) is 3.90. The van der Waals surface area contributed by atoms with Gasteiger partial charge in [-0.25, -0.2) is 0 Å². The molecule has 15 heavy (non-hydrogen) atoms. The fourth-order valence-corrected chi connectivity index (χ4v) is 1.95. The van der Waals surface area contributed by atoms with Crippen molar-refractivity contribution in [1.29, 1.82) is 0 Å². The lowest BCUT2D eigenvalue weighted by Gasteiger charge is -2.33. The summed E-state index contributed by atoms with van der Waals surface area (Å²) in [5, 5.41) is 22.4. The molecule has 1 heterocycles.